The van der Waals surface area contributed by atoms with Crippen molar-refractivity contribution in [2.75, 3.05) is 4.90 Å². The molecule has 0 N–H and O–H groups in total. The third-order valence-corrected chi connectivity index (χ3v) is 7.10. The van der Waals surface area contributed by atoms with Crippen molar-refractivity contribution in [2.24, 2.45) is 0 Å². The molecule has 0 spiro atoms. The molecule has 1 aliphatic rings. The van der Waals surface area contributed by atoms with Gasteiger partial charge in [0.05, 0.1) is 15.6 Å². The summed E-state index contributed by atoms with van der Waals surface area (Å²) < 4.78 is 7.28. The normalized spacial score (nSPS) is 15.0. The molecule has 0 unspecified atom stereocenters. The number of halogens is 4. The van der Waals surface area contributed by atoms with E-state index < -0.39 is 0 Å². The van der Waals surface area contributed by atoms with E-state index in [-0.39, 0.29) is 5.91 Å². The monoisotopic (exact) mass is 583 g/mol. The van der Waals surface area contributed by atoms with E-state index in [9.17, 15) is 4.79 Å². The van der Waals surface area contributed by atoms with Crippen LogP contribution in [-0.2, 0) is 11.4 Å². The van der Waals surface area contributed by atoms with Crippen molar-refractivity contribution in [1.82, 2.24) is 0 Å². The standard InChI is InChI=1S/C23H13BrCl3NO2S2/c24-15-3-8-20(30-12-13-1-4-16(25)5-2-13)14(9-15)10-21-22(29)28(23(31)32-21)19-7-6-17(26)11-18(19)27/h1-11H,12H2/b21-10-. The number of benzene rings is 3. The molecule has 3 nitrogen and oxygen atoms in total. The Balaban J connectivity index is 1.61. The molecule has 1 heterocycles. The van der Waals surface area contributed by atoms with Gasteiger partial charge in [0.2, 0.25) is 0 Å². The van der Waals surface area contributed by atoms with E-state index in [1.807, 2.05) is 42.5 Å². The summed E-state index contributed by atoms with van der Waals surface area (Å²) in [5.74, 6) is 0.380. The molecule has 0 radical (unpaired) electrons. The number of carbonyl (C=O) groups is 1. The first-order chi connectivity index (χ1) is 15.3. The van der Waals surface area contributed by atoms with Gasteiger partial charge in [0.15, 0.2) is 4.32 Å². The Hall–Kier alpha value is -1.54. The average Bonchev–Trinajstić information content (AvgIpc) is 3.02. The lowest BCUT2D eigenvalue weighted by molar-refractivity contribution is -0.113. The van der Waals surface area contributed by atoms with Crippen LogP contribution in [0.5, 0.6) is 5.75 Å². The summed E-state index contributed by atoms with van der Waals surface area (Å²) in [4.78, 5) is 15.0. The lowest BCUT2D eigenvalue weighted by atomic mass is 10.1. The van der Waals surface area contributed by atoms with Crippen molar-refractivity contribution in [3.8, 4) is 5.75 Å². The van der Waals surface area contributed by atoms with Crippen LogP contribution in [0.2, 0.25) is 15.1 Å². The van der Waals surface area contributed by atoms with Crippen LogP contribution < -0.4 is 9.64 Å². The van der Waals surface area contributed by atoms with Gasteiger partial charge in [-0.1, -0.05) is 86.8 Å². The zero-order valence-electron chi connectivity index (χ0n) is 16.2. The highest BCUT2D eigenvalue weighted by Gasteiger charge is 2.34. The van der Waals surface area contributed by atoms with Gasteiger partial charge in [0.1, 0.15) is 12.4 Å². The first-order valence-electron chi connectivity index (χ1n) is 9.21. The van der Waals surface area contributed by atoms with E-state index in [2.05, 4.69) is 15.9 Å². The summed E-state index contributed by atoms with van der Waals surface area (Å²) in [6, 6.07) is 18.0. The van der Waals surface area contributed by atoms with Gasteiger partial charge < -0.3 is 4.74 Å². The van der Waals surface area contributed by atoms with E-state index in [1.54, 1.807) is 24.3 Å². The molecular formula is C23H13BrCl3NO2S2. The number of ether oxygens (including phenoxy) is 1. The summed E-state index contributed by atoms with van der Waals surface area (Å²) in [6.45, 7) is 0.362. The molecule has 0 bridgehead atoms. The number of anilines is 1. The fourth-order valence-corrected chi connectivity index (χ4v) is 5.26. The summed E-state index contributed by atoms with van der Waals surface area (Å²) in [5.41, 5.74) is 2.22. The number of thioether (sulfide) groups is 1. The lowest BCUT2D eigenvalue weighted by Crippen LogP contribution is -2.27. The van der Waals surface area contributed by atoms with Crippen LogP contribution in [-0.4, -0.2) is 10.2 Å². The second kappa shape index (κ2) is 10.2. The van der Waals surface area contributed by atoms with E-state index in [1.165, 1.54) is 16.7 Å². The van der Waals surface area contributed by atoms with Crippen LogP contribution in [0.3, 0.4) is 0 Å². The first kappa shape index (κ1) is 23.6. The minimum Gasteiger partial charge on any atom is -0.488 e. The summed E-state index contributed by atoms with van der Waals surface area (Å²) in [7, 11) is 0. The van der Waals surface area contributed by atoms with Crippen molar-refractivity contribution in [3.63, 3.8) is 0 Å². The number of hydrogen-bond acceptors (Lipinski definition) is 4. The number of thiocarbonyl (C=S) groups is 1. The zero-order chi connectivity index (χ0) is 22.8. The number of hydrogen-bond donors (Lipinski definition) is 0. The summed E-state index contributed by atoms with van der Waals surface area (Å²) >= 11 is 28.4. The molecule has 0 atom stereocenters. The summed E-state index contributed by atoms with van der Waals surface area (Å²) in [5, 5.41) is 1.50. The molecule has 1 aliphatic heterocycles. The van der Waals surface area contributed by atoms with Crippen molar-refractivity contribution in [2.45, 2.75) is 6.61 Å². The fourth-order valence-electron chi connectivity index (χ4n) is 2.98. The van der Waals surface area contributed by atoms with E-state index >= 15 is 0 Å². The Morgan fingerprint density at radius 2 is 1.72 bits per heavy atom. The predicted octanol–water partition coefficient (Wildman–Crippen LogP) is 8.39. The highest BCUT2D eigenvalue weighted by molar-refractivity contribution is 9.10. The first-order valence-corrected chi connectivity index (χ1v) is 12.4. The maximum Gasteiger partial charge on any atom is 0.270 e. The zero-order valence-corrected chi connectivity index (χ0v) is 21.6. The van der Waals surface area contributed by atoms with Crippen molar-refractivity contribution >= 4 is 96.7 Å². The van der Waals surface area contributed by atoms with Crippen LogP contribution in [0, 0.1) is 0 Å². The van der Waals surface area contributed by atoms with E-state index in [4.69, 9.17) is 51.8 Å². The quantitative estimate of drug-likeness (QED) is 0.222. The lowest BCUT2D eigenvalue weighted by Gasteiger charge is -2.16. The number of nitrogens with zero attached hydrogens (tertiary/aromatic N) is 1. The van der Waals surface area contributed by atoms with Gasteiger partial charge in [-0.05, 0) is 60.2 Å². The smallest absolute Gasteiger partial charge is 0.270 e. The topological polar surface area (TPSA) is 29.5 Å². The van der Waals surface area contributed by atoms with Crippen molar-refractivity contribution < 1.29 is 9.53 Å². The van der Waals surface area contributed by atoms with E-state index in [0.717, 1.165) is 15.6 Å². The largest absolute Gasteiger partial charge is 0.488 e. The van der Waals surface area contributed by atoms with Gasteiger partial charge in [-0.2, -0.15) is 0 Å². The third-order valence-electron chi connectivity index (χ3n) is 4.51. The number of amides is 1. The fraction of sp³-hybridized carbons (Fsp3) is 0.0435. The highest BCUT2D eigenvalue weighted by Crippen LogP contribution is 2.40. The SMILES string of the molecule is O=C1/C(=C/c2cc(Br)ccc2OCc2ccc(Cl)cc2)SC(=S)N1c1ccc(Cl)cc1Cl. The molecule has 0 saturated carbocycles. The molecule has 162 valence electrons. The second-order valence-corrected chi connectivity index (χ2v) is 10.6. The maximum atomic E-state index is 13.2. The molecule has 1 fully saturated rings. The summed E-state index contributed by atoms with van der Waals surface area (Å²) in [6.07, 6.45) is 1.77. The Morgan fingerprint density at radius 3 is 2.44 bits per heavy atom. The number of rotatable bonds is 5. The molecular weight excluding hydrogens is 573 g/mol. The Morgan fingerprint density at radius 1 is 1.00 bits per heavy atom. The molecule has 9 heteroatoms. The predicted molar refractivity (Wildman–Crippen MR) is 142 cm³/mol. The molecule has 32 heavy (non-hydrogen) atoms. The second-order valence-electron chi connectivity index (χ2n) is 6.71. The molecule has 3 aromatic rings. The van der Waals surface area contributed by atoms with Crippen LogP contribution >= 0.6 is 74.7 Å². The molecule has 0 aromatic heterocycles. The van der Waals surface area contributed by atoms with E-state index in [0.29, 0.717) is 42.3 Å². The van der Waals surface area contributed by atoms with Crippen LogP contribution in [0.15, 0.2) is 70.0 Å². The average molecular weight is 586 g/mol. The molecule has 1 saturated heterocycles. The maximum absolute atomic E-state index is 13.2. The van der Waals surface area contributed by atoms with Crippen LogP contribution in [0.1, 0.15) is 11.1 Å². The van der Waals surface area contributed by atoms with Crippen molar-refractivity contribution in [1.29, 1.82) is 0 Å². The van der Waals surface area contributed by atoms with Gasteiger partial charge >= 0.3 is 0 Å². The Bertz CT molecular complexity index is 1250. The van der Waals surface area contributed by atoms with Crippen molar-refractivity contribution in [3.05, 3.63) is 96.2 Å². The molecule has 4 rings (SSSR count). The van der Waals surface area contributed by atoms with Crippen LogP contribution in [0.25, 0.3) is 6.08 Å². The minimum atomic E-state index is -0.257. The van der Waals surface area contributed by atoms with Gasteiger partial charge in [-0.25, -0.2) is 0 Å². The molecule has 3 aromatic carbocycles. The third kappa shape index (κ3) is 5.33. The Kier molecular flexibility index (Phi) is 7.50. The van der Waals surface area contributed by atoms with Gasteiger partial charge in [-0.15, -0.1) is 0 Å². The van der Waals surface area contributed by atoms with Gasteiger partial charge in [0.25, 0.3) is 5.91 Å². The van der Waals surface area contributed by atoms with Crippen LogP contribution in [0.4, 0.5) is 5.69 Å². The molecule has 1 amide bonds. The van der Waals surface area contributed by atoms with Gasteiger partial charge in [0, 0.05) is 20.1 Å². The highest BCUT2D eigenvalue weighted by atomic mass is 79.9. The molecule has 0 aliphatic carbocycles. The minimum absolute atomic E-state index is 0.257. The van der Waals surface area contributed by atoms with Gasteiger partial charge in [-0.3, -0.25) is 9.69 Å². The Labute approximate surface area is 218 Å². The number of carbonyl (C=O) groups excluding carboxylic acids is 1.